The Hall–Kier alpha value is -2.16. The van der Waals surface area contributed by atoms with Crippen molar-refractivity contribution in [2.45, 2.75) is 17.1 Å². The quantitative estimate of drug-likeness (QED) is 0.716. The number of benzene rings is 1. The van der Waals surface area contributed by atoms with Gasteiger partial charge in [0.1, 0.15) is 16.6 Å². The van der Waals surface area contributed by atoms with Crippen LogP contribution in [0, 0.1) is 5.92 Å². The Labute approximate surface area is 163 Å². The van der Waals surface area contributed by atoms with Gasteiger partial charge in [-0.15, -0.1) is 11.3 Å². The SMILES string of the molecule is C=CCOc1cccc(NC(=O)[C@H]2CCCN(S(=O)(=O)c3cccs3)C2)c1. The van der Waals surface area contributed by atoms with Gasteiger partial charge in [-0.05, 0) is 36.4 Å². The van der Waals surface area contributed by atoms with Crippen molar-refractivity contribution in [1.29, 1.82) is 0 Å². The first kappa shape index (κ1) is 19.6. The lowest BCUT2D eigenvalue weighted by atomic mass is 9.98. The van der Waals surface area contributed by atoms with Crippen molar-refractivity contribution in [3.05, 3.63) is 54.4 Å². The number of piperidine rings is 1. The maximum Gasteiger partial charge on any atom is 0.252 e. The van der Waals surface area contributed by atoms with Crippen LogP contribution in [0.4, 0.5) is 5.69 Å². The van der Waals surface area contributed by atoms with Gasteiger partial charge in [0.25, 0.3) is 10.0 Å². The van der Waals surface area contributed by atoms with E-state index in [0.29, 0.717) is 41.6 Å². The molecule has 27 heavy (non-hydrogen) atoms. The number of thiophene rings is 1. The van der Waals surface area contributed by atoms with Crippen LogP contribution < -0.4 is 10.1 Å². The van der Waals surface area contributed by atoms with E-state index >= 15 is 0 Å². The molecule has 0 unspecified atom stereocenters. The molecule has 1 aromatic heterocycles. The van der Waals surface area contributed by atoms with Crippen molar-refractivity contribution < 1.29 is 17.9 Å². The fraction of sp³-hybridized carbons (Fsp3) is 0.316. The van der Waals surface area contributed by atoms with E-state index in [4.69, 9.17) is 4.74 Å². The molecule has 1 N–H and O–H groups in total. The molecule has 0 spiro atoms. The van der Waals surface area contributed by atoms with Crippen LogP contribution in [-0.2, 0) is 14.8 Å². The van der Waals surface area contributed by atoms with Gasteiger partial charge in [-0.3, -0.25) is 4.79 Å². The van der Waals surface area contributed by atoms with Gasteiger partial charge < -0.3 is 10.1 Å². The normalized spacial score (nSPS) is 18.0. The average molecular weight is 407 g/mol. The summed E-state index contributed by atoms with van der Waals surface area (Å²) in [6, 6.07) is 10.4. The lowest BCUT2D eigenvalue weighted by Gasteiger charge is -2.30. The molecule has 0 aliphatic carbocycles. The Bertz CT molecular complexity index is 894. The number of carbonyl (C=O) groups excluding carboxylic acids is 1. The van der Waals surface area contributed by atoms with E-state index in [9.17, 15) is 13.2 Å². The first-order valence-electron chi connectivity index (χ1n) is 8.69. The van der Waals surface area contributed by atoms with Crippen molar-refractivity contribution in [3.63, 3.8) is 0 Å². The number of sulfonamides is 1. The maximum atomic E-state index is 12.7. The highest BCUT2D eigenvalue weighted by molar-refractivity contribution is 7.91. The first-order chi connectivity index (χ1) is 13.0. The molecule has 1 amide bonds. The molecule has 1 aliphatic heterocycles. The number of hydrogen-bond donors (Lipinski definition) is 1. The monoisotopic (exact) mass is 406 g/mol. The Morgan fingerprint density at radius 1 is 1.37 bits per heavy atom. The van der Waals surface area contributed by atoms with Gasteiger partial charge in [0, 0.05) is 24.8 Å². The number of carbonyl (C=O) groups is 1. The van der Waals surface area contributed by atoms with Gasteiger partial charge in [-0.2, -0.15) is 4.31 Å². The number of nitrogens with one attached hydrogen (secondary N) is 1. The van der Waals surface area contributed by atoms with E-state index in [1.807, 2.05) is 0 Å². The van der Waals surface area contributed by atoms with E-state index < -0.39 is 10.0 Å². The van der Waals surface area contributed by atoms with Crippen molar-refractivity contribution in [3.8, 4) is 5.75 Å². The number of nitrogens with zero attached hydrogens (tertiary/aromatic N) is 1. The molecule has 2 aromatic rings. The van der Waals surface area contributed by atoms with Crippen LogP contribution in [0.25, 0.3) is 0 Å². The number of amides is 1. The van der Waals surface area contributed by atoms with Crippen molar-refractivity contribution in [1.82, 2.24) is 4.31 Å². The lowest BCUT2D eigenvalue weighted by Crippen LogP contribution is -2.43. The average Bonchev–Trinajstić information content (AvgIpc) is 3.22. The highest BCUT2D eigenvalue weighted by Crippen LogP contribution is 2.27. The number of hydrogen-bond acceptors (Lipinski definition) is 5. The standard InChI is InChI=1S/C19H22N2O4S2/c1-2-11-25-17-8-3-7-16(13-17)20-19(22)15-6-4-10-21(14-15)27(23,24)18-9-5-12-26-18/h2-3,5,7-9,12-13,15H,1,4,6,10-11,14H2,(H,20,22)/t15-/m0/s1. The molecule has 6 nitrogen and oxygen atoms in total. The summed E-state index contributed by atoms with van der Waals surface area (Å²) in [5.41, 5.74) is 0.625. The Morgan fingerprint density at radius 3 is 2.96 bits per heavy atom. The van der Waals surface area contributed by atoms with Crippen LogP contribution in [0.5, 0.6) is 5.75 Å². The molecule has 8 heteroatoms. The molecular weight excluding hydrogens is 384 g/mol. The van der Waals surface area contributed by atoms with Gasteiger partial charge in [0.2, 0.25) is 5.91 Å². The smallest absolute Gasteiger partial charge is 0.252 e. The van der Waals surface area contributed by atoms with Gasteiger partial charge >= 0.3 is 0 Å². The topological polar surface area (TPSA) is 75.7 Å². The molecule has 1 fully saturated rings. The van der Waals surface area contributed by atoms with Gasteiger partial charge in [0.15, 0.2) is 0 Å². The second-order valence-electron chi connectivity index (χ2n) is 6.25. The van der Waals surface area contributed by atoms with E-state index in [-0.39, 0.29) is 18.4 Å². The van der Waals surface area contributed by atoms with Gasteiger partial charge in [0.05, 0.1) is 5.92 Å². The minimum absolute atomic E-state index is 0.179. The van der Waals surface area contributed by atoms with E-state index in [0.717, 1.165) is 0 Å². The summed E-state index contributed by atoms with van der Waals surface area (Å²) in [5.74, 6) is 0.0754. The molecule has 1 aromatic carbocycles. The summed E-state index contributed by atoms with van der Waals surface area (Å²) in [4.78, 5) is 12.7. The zero-order valence-corrected chi connectivity index (χ0v) is 16.5. The van der Waals surface area contributed by atoms with E-state index in [1.54, 1.807) is 47.9 Å². The molecule has 1 atom stereocenters. The highest BCUT2D eigenvalue weighted by atomic mass is 32.2. The van der Waals surface area contributed by atoms with Gasteiger partial charge in [-0.1, -0.05) is 24.8 Å². The van der Waals surface area contributed by atoms with Crippen LogP contribution in [0.1, 0.15) is 12.8 Å². The Morgan fingerprint density at radius 2 is 2.22 bits per heavy atom. The van der Waals surface area contributed by atoms with Crippen LogP contribution in [-0.4, -0.2) is 38.3 Å². The summed E-state index contributed by atoms with van der Waals surface area (Å²) in [6.07, 6.45) is 2.97. The van der Waals surface area contributed by atoms with Crippen molar-refractivity contribution in [2.75, 3.05) is 25.0 Å². The second-order valence-corrected chi connectivity index (χ2v) is 9.36. The number of anilines is 1. The first-order valence-corrected chi connectivity index (χ1v) is 11.0. The number of ether oxygens (including phenoxy) is 1. The molecular formula is C19H22N2O4S2. The molecule has 0 saturated carbocycles. The van der Waals surface area contributed by atoms with Crippen LogP contribution >= 0.6 is 11.3 Å². The molecule has 1 aliphatic rings. The number of rotatable bonds is 7. The molecule has 0 bridgehead atoms. The lowest BCUT2D eigenvalue weighted by molar-refractivity contribution is -0.120. The van der Waals surface area contributed by atoms with Crippen LogP contribution in [0.3, 0.4) is 0 Å². The molecule has 144 valence electrons. The zero-order chi connectivity index (χ0) is 19.3. The predicted octanol–water partition coefficient (Wildman–Crippen LogP) is 3.35. The predicted molar refractivity (Wildman–Crippen MR) is 107 cm³/mol. The highest BCUT2D eigenvalue weighted by Gasteiger charge is 2.33. The third kappa shape index (κ3) is 4.77. The summed E-state index contributed by atoms with van der Waals surface area (Å²) >= 11 is 1.19. The minimum atomic E-state index is -3.53. The largest absolute Gasteiger partial charge is 0.489 e. The minimum Gasteiger partial charge on any atom is -0.489 e. The molecule has 1 saturated heterocycles. The molecule has 0 radical (unpaired) electrons. The fourth-order valence-corrected chi connectivity index (χ4v) is 5.64. The summed E-state index contributed by atoms with van der Waals surface area (Å²) < 4.78 is 32.6. The summed E-state index contributed by atoms with van der Waals surface area (Å²) in [5, 5.41) is 4.61. The second kappa shape index (κ2) is 8.69. The van der Waals surface area contributed by atoms with Crippen LogP contribution in [0.15, 0.2) is 58.6 Å². The van der Waals surface area contributed by atoms with Crippen molar-refractivity contribution >= 4 is 33.0 Å². The van der Waals surface area contributed by atoms with Crippen molar-refractivity contribution in [2.24, 2.45) is 5.92 Å². The Kier molecular flexibility index (Phi) is 6.30. The third-order valence-electron chi connectivity index (χ3n) is 4.31. The maximum absolute atomic E-state index is 12.7. The molecule has 2 heterocycles. The fourth-order valence-electron chi connectivity index (χ4n) is 2.98. The van der Waals surface area contributed by atoms with Crippen LogP contribution in [0.2, 0.25) is 0 Å². The summed E-state index contributed by atoms with van der Waals surface area (Å²) in [6.45, 7) is 4.62. The van der Waals surface area contributed by atoms with E-state index in [1.165, 1.54) is 15.6 Å². The zero-order valence-electron chi connectivity index (χ0n) is 14.8. The third-order valence-corrected chi connectivity index (χ3v) is 7.55. The van der Waals surface area contributed by atoms with E-state index in [2.05, 4.69) is 11.9 Å². The molecule has 3 rings (SSSR count). The Balaban J connectivity index is 1.66. The van der Waals surface area contributed by atoms with Gasteiger partial charge in [-0.25, -0.2) is 8.42 Å². The summed E-state index contributed by atoms with van der Waals surface area (Å²) in [7, 11) is -3.53.